The van der Waals surface area contributed by atoms with Crippen molar-refractivity contribution in [1.29, 1.82) is 0 Å². The normalized spacial score (nSPS) is 11.7. The number of aryl methyl sites for hydroxylation is 1. The molecule has 0 amide bonds. The average Bonchev–Trinajstić information content (AvgIpc) is 2.96. The summed E-state index contributed by atoms with van der Waals surface area (Å²) in [4.78, 5) is 5.70. The van der Waals surface area contributed by atoms with Crippen LogP contribution in [0.1, 0.15) is 10.4 Å². The maximum absolute atomic E-state index is 12.2. The highest BCUT2D eigenvalue weighted by atomic mass is 127. The molecule has 132 valence electrons. The standard InChI is InChI=1S/C16H21N3O2S2.HI/c1-13-8-10-22-15(13)12-19-16(17-2)18-9-11-23(20,21)14-6-4-3-5-7-14;/h3-8,10H,9,11-12H2,1-2H3,(H2,17,18,19);1H. The summed E-state index contributed by atoms with van der Waals surface area (Å²) >= 11 is 1.69. The van der Waals surface area contributed by atoms with Crippen LogP contribution < -0.4 is 10.6 Å². The molecular weight excluding hydrogens is 457 g/mol. The van der Waals surface area contributed by atoms with E-state index < -0.39 is 9.84 Å². The van der Waals surface area contributed by atoms with E-state index in [-0.39, 0.29) is 29.7 Å². The van der Waals surface area contributed by atoms with E-state index in [1.165, 1.54) is 10.4 Å². The number of hydrogen-bond acceptors (Lipinski definition) is 4. The van der Waals surface area contributed by atoms with Crippen LogP contribution in [0.2, 0.25) is 0 Å². The van der Waals surface area contributed by atoms with Gasteiger partial charge in [0.2, 0.25) is 0 Å². The molecule has 0 saturated carbocycles. The fourth-order valence-corrected chi connectivity index (χ4v) is 4.04. The lowest BCUT2D eigenvalue weighted by atomic mass is 10.3. The number of hydrogen-bond donors (Lipinski definition) is 2. The molecule has 0 aliphatic rings. The van der Waals surface area contributed by atoms with E-state index in [2.05, 4.69) is 34.0 Å². The summed E-state index contributed by atoms with van der Waals surface area (Å²) in [5.74, 6) is 0.622. The quantitative estimate of drug-likeness (QED) is 0.380. The van der Waals surface area contributed by atoms with Gasteiger partial charge in [-0.3, -0.25) is 4.99 Å². The summed E-state index contributed by atoms with van der Waals surface area (Å²) in [6.45, 7) is 3.05. The molecule has 0 saturated heterocycles. The number of rotatable bonds is 6. The molecule has 0 spiro atoms. The first kappa shape index (κ1) is 20.9. The van der Waals surface area contributed by atoms with Crippen LogP contribution in [0.25, 0.3) is 0 Å². The molecule has 0 radical (unpaired) electrons. The third kappa shape index (κ3) is 6.06. The molecule has 0 unspecified atom stereocenters. The van der Waals surface area contributed by atoms with Crippen molar-refractivity contribution in [2.24, 2.45) is 4.99 Å². The van der Waals surface area contributed by atoms with Crippen molar-refractivity contribution in [3.63, 3.8) is 0 Å². The number of nitrogens with zero attached hydrogens (tertiary/aromatic N) is 1. The monoisotopic (exact) mass is 479 g/mol. The zero-order valence-corrected chi connectivity index (χ0v) is 17.6. The number of benzene rings is 1. The van der Waals surface area contributed by atoms with Crippen LogP contribution in [0.5, 0.6) is 0 Å². The van der Waals surface area contributed by atoms with Gasteiger partial charge in [-0.15, -0.1) is 35.3 Å². The second-order valence-corrected chi connectivity index (χ2v) is 8.12. The van der Waals surface area contributed by atoms with Gasteiger partial charge in [-0.1, -0.05) is 18.2 Å². The van der Waals surface area contributed by atoms with E-state index in [0.717, 1.165) is 0 Å². The topological polar surface area (TPSA) is 70.6 Å². The maximum atomic E-state index is 12.2. The van der Waals surface area contributed by atoms with Crippen molar-refractivity contribution < 1.29 is 8.42 Å². The highest BCUT2D eigenvalue weighted by Gasteiger charge is 2.13. The highest BCUT2D eigenvalue weighted by molar-refractivity contribution is 14.0. The van der Waals surface area contributed by atoms with Crippen LogP contribution >= 0.6 is 35.3 Å². The lowest BCUT2D eigenvalue weighted by Gasteiger charge is -2.12. The van der Waals surface area contributed by atoms with Gasteiger partial charge in [-0.05, 0) is 36.1 Å². The lowest BCUT2D eigenvalue weighted by Crippen LogP contribution is -2.39. The minimum absolute atomic E-state index is 0. The summed E-state index contributed by atoms with van der Waals surface area (Å²) in [5.41, 5.74) is 1.24. The summed E-state index contributed by atoms with van der Waals surface area (Å²) in [6, 6.07) is 10.6. The first-order valence-electron chi connectivity index (χ1n) is 7.28. The maximum Gasteiger partial charge on any atom is 0.191 e. The number of halogens is 1. The van der Waals surface area contributed by atoms with E-state index in [4.69, 9.17) is 0 Å². The zero-order valence-electron chi connectivity index (χ0n) is 13.7. The predicted octanol–water partition coefficient (Wildman–Crippen LogP) is 2.81. The second kappa shape index (κ2) is 10.00. The van der Waals surface area contributed by atoms with Gasteiger partial charge < -0.3 is 10.6 Å². The number of guanidine groups is 1. The molecule has 5 nitrogen and oxygen atoms in total. The number of sulfone groups is 1. The van der Waals surface area contributed by atoms with Crippen molar-refractivity contribution in [2.45, 2.75) is 18.4 Å². The van der Waals surface area contributed by atoms with Crippen LogP contribution in [0.15, 0.2) is 51.7 Å². The molecule has 2 N–H and O–H groups in total. The molecule has 2 rings (SSSR count). The third-order valence-electron chi connectivity index (χ3n) is 3.37. The van der Waals surface area contributed by atoms with Crippen LogP contribution in [0, 0.1) is 6.92 Å². The minimum atomic E-state index is -3.27. The van der Waals surface area contributed by atoms with Gasteiger partial charge >= 0.3 is 0 Å². The molecule has 1 heterocycles. The summed E-state index contributed by atoms with van der Waals surface area (Å²) in [5, 5.41) is 8.29. The van der Waals surface area contributed by atoms with Gasteiger partial charge in [-0.2, -0.15) is 0 Å². The van der Waals surface area contributed by atoms with Crippen LogP contribution in [-0.4, -0.2) is 33.7 Å². The number of nitrogens with one attached hydrogen (secondary N) is 2. The molecule has 8 heteroatoms. The molecular formula is C16H22IN3O2S2. The molecule has 24 heavy (non-hydrogen) atoms. The predicted molar refractivity (Wildman–Crippen MR) is 111 cm³/mol. The summed E-state index contributed by atoms with van der Waals surface area (Å²) in [7, 11) is -1.60. The zero-order chi connectivity index (χ0) is 16.7. The average molecular weight is 479 g/mol. The van der Waals surface area contributed by atoms with Gasteiger partial charge in [0.1, 0.15) is 0 Å². The molecule has 2 aromatic rings. The first-order valence-corrected chi connectivity index (χ1v) is 9.81. The van der Waals surface area contributed by atoms with Gasteiger partial charge in [0.05, 0.1) is 17.2 Å². The second-order valence-electron chi connectivity index (χ2n) is 5.01. The molecule has 0 aliphatic heterocycles. The van der Waals surface area contributed by atoms with Crippen molar-refractivity contribution in [3.8, 4) is 0 Å². The Morgan fingerprint density at radius 3 is 2.46 bits per heavy atom. The SMILES string of the molecule is CN=C(NCCS(=O)(=O)c1ccccc1)NCc1sccc1C.I. The Labute approximate surface area is 164 Å². The van der Waals surface area contributed by atoms with Crippen molar-refractivity contribution in [3.05, 3.63) is 52.2 Å². The molecule has 1 aromatic heterocycles. The van der Waals surface area contributed by atoms with Crippen LogP contribution in [0.4, 0.5) is 0 Å². The fraction of sp³-hybridized carbons (Fsp3) is 0.312. The molecule has 0 bridgehead atoms. The van der Waals surface area contributed by atoms with E-state index in [9.17, 15) is 8.42 Å². The Hall–Kier alpha value is -1.13. The van der Waals surface area contributed by atoms with E-state index in [0.29, 0.717) is 23.9 Å². The first-order chi connectivity index (χ1) is 11.0. The van der Waals surface area contributed by atoms with Crippen LogP contribution in [-0.2, 0) is 16.4 Å². The van der Waals surface area contributed by atoms with E-state index >= 15 is 0 Å². The summed E-state index contributed by atoms with van der Waals surface area (Å²) in [6.07, 6.45) is 0. The number of thiophene rings is 1. The highest BCUT2D eigenvalue weighted by Crippen LogP contribution is 2.14. The number of aliphatic imine (C=N–C) groups is 1. The van der Waals surface area contributed by atoms with E-state index in [1.54, 1.807) is 48.7 Å². The van der Waals surface area contributed by atoms with E-state index in [1.807, 2.05) is 0 Å². The van der Waals surface area contributed by atoms with Gasteiger partial charge in [0.15, 0.2) is 15.8 Å². The van der Waals surface area contributed by atoms with Crippen LogP contribution in [0.3, 0.4) is 0 Å². The smallest absolute Gasteiger partial charge is 0.191 e. The Morgan fingerprint density at radius 2 is 1.88 bits per heavy atom. The minimum Gasteiger partial charge on any atom is -0.355 e. The van der Waals surface area contributed by atoms with Gasteiger partial charge in [0, 0.05) is 18.5 Å². The molecule has 0 fully saturated rings. The lowest BCUT2D eigenvalue weighted by molar-refractivity contribution is 0.594. The molecule has 0 aliphatic carbocycles. The Bertz CT molecular complexity index is 759. The van der Waals surface area contributed by atoms with Crippen molar-refractivity contribution in [2.75, 3.05) is 19.3 Å². The van der Waals surface area contributed by atoms with Gasteiger partial charge in [0.25, 0.3) is 0 Å². The Kier molecular flexibility index (Phi) is 8.71. The fourth-order valence-electron chi connectivity index (χ4n) is 2.02. The molecule has 0 atom stereocenters. The third-order valence-corrected chi connectivity index (χ3v) is 6.13. The largest absolute Gasteiger partial charge is 0.355 e. The van der Waals surface area contributed by atoms with Gasteiger partial charge in [-0.25, -0.2) is 8.42 Å². The summed E-state index contributed by atoms with van der Waals surface area (Å²) < 4.78 is 24.4. The van der Waals surface area contributed by atoms with Crippen molar-refractivity contribution in [1.82, 2.24) is 10.6 Å². The molecule has 1 aromatic carbocycles. The Morgan fingerprint density at radius 1 is 1.17 bits per heavy atom. The Balaban J connectivity index is 0.00000288. The van der Waals surface area contributed by atoms with Crippen molar-refractivity contribution >= 4 is 51.1 Å².